The Labute approximate surface area is 115 Å². The number of likely N-dealkylation sites (tertiary alicyclic amines) is 1. The molecule has 0 unspecified atom stereocenters. The van der Waals surface area contributed by atoms with Crippen molar-refractivity contribution in [2.24, 2.45) is 0 Å². The van der Waals surface area contributed by atoms with Crippen LogP contribution < -0.4 is 4.74 Å². The van der Waals surface area contributed by atoms with Crippen molar-refractivity contribution in [3.05, 3.63) is 23.9 Å². The lowest BCUT2D eigenvalue weighted by Gasteiger charge is -2.31. The van der Waals surface area contributed by atoms with Gasteiger partial charge in [0.2, 0.25) is 11.8 Å². The lowest BCUT2D eigenvalue weighted by Crippen LogP contribution is -2.40. The fourth-order valence-electron chi connectivity index (χ4n) is 2.03. The van der Waals surface area contributed by atoms with E-state index in [9.17, 15) is 4.79 Å². The summed E-state index contributed by atoms with van der Waals surface area (Å²) in [6.07, 6.45) is 3.71. The monoisotopic (exact) mass is 264 g/mol. The summed E-state index contributed by atoms with van der Waals surface area (Å²) < 4.78 is 5.82. The number of hydrogen-bond donors (Lipinski definition) is 0. The van der Waals surface area contributed by atoms with Gasteiger partial charge in [0.05, 0.1) is 0 Å². The van der Waals surface area contributed by atoms with Gasteiger partial charge in [-0.15, -0.1) is 0 Å². The zero-order chi connectivity index (χ0) is 14.3. The predicted molar refractivity (Wildman–Crippen MR) is 76.2 cm³/mol. The van der Waals surface area contributed by atoms with Gasteiger partial charge in [-0.25, -0.2) is 4.98 Å². The number of hydrogen-bond acceptors (Lipinski definition) is 3. The van der Waals surface area contributed by atoms with E-state index < -0.39 is 0 Å². The van der Waals surface area contributed by atoms with Crippen molar-refractivity contribution in [1.29, 1.82) is 0 Å². The minimum Gasteiger partial charge on any atom is -0.474 e. The second kappa shape index (κ2) is 7.77. The first-order valence-corrected chi connectivity index (χ1v) is 7.00. The summed E-state index contributed by atoms with van der Waals surface area (Å²) in [6.45, 7) is 9.20. The van der Waals surface area contributed by atoms with Crippen molar-refractivity contribution >= 4 is 5.91 Å². The van der Waals surface area contributed by atoms with Crippen molar-refractivity contribution in [3.63, 3.8) is 0 Å². The minimum atomic E-state index is 0.150. The van der Waals surface area contributed by atoms with Crippen LogP contribution in [0.15, 0.2) is 18.3 Å². The Balaban J connectivity index is 0.000000861. The van der Waals surface area contributed by atoms with E-state index in [1.54, 1.807) is 13.1 Å². The van der Waals surface area contributed by atoms with Gasteiger partial charge in [-0.1, -0.05) is 13.8 Å². The average molecular weight is 264 g/mol. The molecular formula is C15H24N2O2. The van der Waals surface area contributed by atoms with Crippen molar-refractivity contribution in [2.45, 2.75) is 46.6 Å². The molecule has 1 aromatic heterocycles. The Bertz CT molecular complexity index is 399. The molecule has 1 amide bonds. The molecule has 0 N–H and O–H groups in total. The highest BCUT2D eigenvalue weighted by atomic mass is 16.5. The van der Waals surface area contributed by atoms with Crippen LogP contribution in [0.4, 0.5) is 0 Å². The summed E-state index contributed by atoms with van der Waals surface area (Å²) in [4.78, 5) is 17.2. The molecular weight excluding hydrogens is 240 g/mol. The van der Waals surface area contributed by atoms with E-state index in [2.05, 4.69) is 4.98 Å². The second-order valence-electron chi connectivity index (χ2n) is 4.49. The lowest BCUT2D eigenvalue weighted by molar-refractivity contribution is -0.130. The highest BCUT2D eigenvalue weighted by molar-refractivity contribution is 5.73. The summed E-state index contributed by atoms with van der Waals surface area (Å²) in [7, 11) is 0. The molecule has 1 aliphatic rings. The van der Waals surface area contributed by atoms with Gasteiger partial charge >= 0.3 is 0 Å². The van der Waals surface area contributed by atoms with Gasteiger partial charge in [-0.2, -0.15) is 0 Å². The molecule has 4 heteroatoms. The van der Waals surface area contributed by atoms with Crippen molar-refractivity contribution in [2.75, 3.05) is 13.1 Å². The topological polar surface area (TPSA) is 42.4 Å². The zero-order valence-electron chi connectivity index (χ0n) is 12.3. The van der Waals surface area contributed by atoms with Crippen LogP contribution in [0.1, 0.15) is 39.2 Å². The maximum absolute atomic E-state index is 11.2. The molecule has 2 heterocycles. The Kier molecular flexibility index (Phi) is 6.33. The average Bonchev–Trinajstić information content (AvgIpc) is 2.41. The molecule has 0 aliphatic carbocycles. The highest BCUT2D eigenvalue weighted by Gasteiger charge is 2.22. The minimum absolute atomic E-state index is 0.150. The molecule has 1 saturated heterocycles. The van der Waals surface area contributed by atoms with Crippen LogP contribution in [0.2, 0.25) is 0 Å². The number of nitrogens with zero attached hydrogens (tertiary/aromatic N) is 2. The number of carbonyl (C=O) groups excluding carboxylic acids is 1. The molecule has 0 radical (unpaired) electrons. The fourth-order valence-corrected chi connectivity index (χ4v) is 2.03. The summed E-state index contributed by atoms with van der Waals surface area (Å²) in [6, 6.07) is 3.89. The van der Waals surface area contributed by atoms with Crippen LogP contribution in [-0.4, -0.2) is 35.0 Å². The molecule has 19 heavy (non-hydrogen) atoms. The van der Waals surface area contributed by atoms with E-state index in [0.717, 1.165) is 31.5 Å². The van der Waals surface area contributed by atoms with Gasteiger partial charge in [0.25, 0.3) is 0 Å². The van der Waals surface area contributed by atoms with E-state index in [0.29, 0.717) is 5.88 Å². The summed E-state index contributed by atoms with van der Waals surface area (Å²) in [5.74, 6) is 0.836. The molecule has 0 aromatic carbocycles. The van der Waals surface area contributed by atoms with Crippen molar-refractivity contribution < 1.29 is 9.53 Å². The molecule has 1 fully saturated rings. The first-order chi connectivity index (χ1) is 9.15. The number of rotatable bonds is 2. The van der Waals surface area contributed by atoms with Crippen LogP contribution in [-0.2, 0) is 4.79 Å². The van der Waals surface area contributed by atoms with E-state index in [1.165, 1.54) is 0 Å². The van der Waals surface area contributed by atoms with Crippen molar-refractivity contribution in [1.82, 2.24) is 9.88 Å². The van der Waals surface area contributed by atoms with Gasteiger partial charge in [-0.3, -0.25) is 4.79 Å². The van der Waals surface area contributed by atoms with Gasteiger partial charge in [-0.05, 0) is 18.6 Å². The van der Waals surface area contributed by atoms with Crippen LogP contribution in [0.25, 0.3) is 0 Å². The highest BCUT2D eigenvalue weighted by Crippen LogP contribution is 2.17. The fraction of sp³-hybridized carbons (Fsp3) is 0.600. The molecule has 1 aromatic rings. The number of piperidine rings is 1. The van der Waals surface area contributed by atoms with Crippen LogP contribution >= 0.6 is 0 Å². The van der Waals surface area contributed by atoms with Crippen LogP contribution in [0, 0.1) is 6.92 Å². The maximum Gasteiger partial charge on any atom is 0.219 e. The number of aromatic nitrogens is 1. The first-order valence-electron chi connectivity index (χ1n) is 7.00. The van der Waals surface area contributed by atoms with E-state index in [-0.39, 0.29) is 12.0 Å². The zero-order valence-corrected chi connectivity index (χ0v) is 12.3. The number of amides is 1. The van der Waals surface area contributed by atoms with Gasteiger partial charge in [0.1, 0.15) is 6.10 Å². The van der Waals surface area contributed by atoms with Gasteiger partial charge in [0, 0.05) is 45.1 Å². The molecule has 0 saturated carbocycles. The van der Waals surface area contributed by atoms with Gasteiger partial charge in [0.15, 0.2) is 0 Å². The van der Waals surface area contributed by atoms with E-state index in [4.69, 9.17) is 4.74 Å². The predicted octanol–water partition coefficient (Wildman–Crippen LogP) is 2.81. The molecule has 106 valence electrons. The molecule has 0 spiro atoms. The van der Waals surface area contributed by atoms with E-state index >= 15 is 0 Å². The Morgan fingerprint density at radius 3 is 2.53 bits per heavy atom. The molecule has 1 aliphatic heterocycles. The largest absolute Gasteiger partial charge is 0.474 e. The van der Waals surface area contributed by atoms with Crippen LogP contribution in [0.3, 0.4) is 0 Å². The third-order valence-corrected chi connectivity index (χ3v) is 3.07. The normalized spacial score (nSPS) is 15.5. The smallest absolute Gasteiger partial charge is 0.219 e. The van der Waals surface area contributed by atoms with E-state index in [1.807, 2.05) is 37.8 Å². The van der Waals surface area contributed by atoms with Crippen LogP contribution in [0.5, 0.6) is 5.88 Å². The summed E-state index contributed by atoms with van der Waals surface area (Å²) >= 11 is 0. The second-order valence-corrected chi connectivity index (χ2v) is 4.49. The Hall–Kier alpha value is -1.58. The Morgan fingerprint density at radius 1 is 1.37 bits per heavy atom. The number of carbonyl (C=O) groups is 1. The maximum atomic E-state index is 11.2. The SMILES string of the molecule is CC.CC(=O)N1CCC(Oc2cc(C)ccn2)CC1. The number of aryl methyl sites for hydroxylation is 1. The third-order valence-electron chi connectivity index (χ3n) is 3.07. The number of ether oxygens (including phenoxy) is 1. The van der Waals surface area contributed by atoms with Crippen molar-refractivity contribution in [3.8, 4) is 5.88 Å². The quantitative estimate of drug-likeness (QED) is 0.825. The lowest BCUT2D eigenvalue weighted by atomic mass is 10.1. The molecule has 4 nitrogen and oxygen atoms in total. The summed E-state index contributed by atoms with van der Waals surface area (Å²) in [5, 5.41) is 0. The molecule has 0 atom stereocenters. The Morgan fingerprint density at radius 2 is 2.00 bits per heavy atom. The molecule has 2 rings (SSSR count). The number of pyridine rings is 1. The van der Waals surface area contributed by atoms with Gasteiger partial charge < -0.3 is 9.64 Å². The standard InChI is InChI=1S/C13H18N2O2.C2H6/c1-10-3-6-14-13(9-10)17-12-4-7-15(8-5-12)11(2)16;1-2/h3,6,9,12H,4-5,7-8H2,1-2H3;1-2H3. The third kappa shape index (κ3) is 4.89. The first kappa shape index (κ1) is 15.5. The summed E-state index contributed by atoms with van der Waals surface area (Å²) in [5.41, 5.74) is 1.15. The molecule has 0 bridgehead atoms.